The minimum absolute atomic E-state index is 0.306. The third-order valence-electron chi connectivity index (χ3n) is 2.78. The van der Waals surface area contributed by atoms with Gasteiger partial charge in [-0.05, 0) is 31.4 Å². The van der Waals surface area contributed by atoms with E-state index in [2.05, 4.69) is 5.32 Å². The lowest BCUT2D eigenvalue weighted by Gasteiger charge is -2.07. The summed E-state index contributed by atoms with van der Waals surface area (Å²) in [5.74, 6) is -1.31. The molecular weight excluding hydrogens is 264 g/mol. The molecule has 0 aromatic heterocycles. The van der Waals surface area contributed by atoms with Gasteiger partial charge in [-0.2, -0.15) is 0 Å². The molecular formula is C13H18N2O5. The van der Waals surface area contributed by atoms with Crippen LogP contribution < -0.4 is 5.32 Å². The van der Waals surface area contributed by atoms with Crippen LogP contribution in [0.5, 0.6) is 0 Å². The number of nitro benzene ring substituents is 1. The number of carbonyl (C=O) groups is 1. The normalized spacial score (nSPS) is 10.2. The van der Waals surface area contributed by atoms with E-state index in [0.29, 0.717) is 12.2 Å². The Morgan fingerprint density at radius 3 is 2.75 bits per heavy atom. The topological polar surface area (TPSA) is 102 Å². The fourth-order valence-corrected chi connectivity index (χ4v) is 1.76. The van der Waals surface area contributed by atoms with Crippen LogP contribution in [0.1, 0.15) is 29.6 Å². The molecule has 0 atom stereocenters. The highest BCUT2D eigenvalue weighted by Gasteiger charge is 2.19. The van der Waals surface area contributed by atoms with Gasteiger partial charge < -0.3 is 15.2 Å². The van der Waals surface area contributed by atoms with Crippen LogP contribution >= 0.6 is 0 Å². The van der Waals surface area contributed by atoms with Crippen molar-refractivity contribution in [2.45, 2.75) is 19.3 Å². The first kappa shape index (κ1) is 15.9. The fourth-order valence-electron chi connectivity index (χ4n) is 1.76. The van der Waals surface area contributed by atoms with Gasteiger partial charge in [0.1, 0.15) is 5.56 Å². The Morgan fingerprint density at radius 2 is 2.15 bits per heavy atom. The lowest BCUT2D eigenvalue weighted by atomic mass is 10.1. The number of carboxylic acids is 1. The van der Waals surface area contributed by atoms with Gasteiger partial charge >= 0.3 is 5.97 Å². The largest absolute Gasteiger partial charge is 0.477 e. The van der Waals surface area contributed by atoms with Crippen molar-refractivity contribution in [3.8, 4) is 0 Å². The van der Waals surface area contributed by atoms with Gasteiger partial charge in [0.2, 0.25) is 0 Å². The molecule has 0 aliphatic carbocycles. The molecule has 0 aliphatic rings. The second-order valence-electron chi connectivity index (χ2n) is 4.27. The molecule has 7 heteroatoms. The van der Waals surface area contributed by atoms with Crippen LogP contribution in [0.15, 0.2) is 18.2 Å². The highest BCUT2D eigenvalue weighted by molar-refractivity contribution is 5.93. The maximum absolute atomic E-state index is 11.0. The molecule has 0 spiro atoms. The van der Waals surface area contributed by atoms with Crippen molar-refractivity contribution in [3.05, 3.63) is 33.9 Å². The van der Waals surface area contributed by atoms with E-state index in [1.165, 1.54) is 18.2 Å². The summed E-state index contributed by atoms with van der Waals surface area (Å²) >= 11 is 0. The Kier molecular flexibility index (Phi) is 6.45. The fraction of sp³-hybridized carbons (Fsp3) is 0.462. The van der Waals surface area contributed by atoms with Crippen LogP contribution in [-0.2, 0) is 4.74 Å². The zero-order valence-corrected chi connectivity index (χ0v) is 11.3. The van der Waals surface area contributed by atoms with Crippen LogP contribution in [0.2, 0.25) is 0 Å². The third kappa shape index (κ3) is 4.85. The van der Waals surface area contributed by atoms with Gasteiger partial charge in [-0.25, -0.2) is 4.79 Å². The summed E-state index contributed by atoms with van der Waals surface area (Å²) in [6, 6.07) is 4.01. The molecule has 2 N–H and O–H groups in total. The molecule has 20 heavy (non-hydrogen) atoms. The molecule has 0 aliphatic heterocycles. The molecule has 0 heterocycles. The van der Waals surface area contributed by atoms with Crippen LogP contribution in [0.4, 0.5) is 11.4 Å². The van der Waals surface area contributed by atoms with Gasteiger partial charge in [-0.15, -0.1) is 0 Å². The number of carboxylic acid groups (broad SMARTS) is 1. The summed E-state index contributed by atoms with van der Waals surface area (Å²) in [6.45, 7) is 1.40. The highest BCUT2D eigenvalue weighted by atomic mass is 16.6. The number of rotatable bonds is 9. The van der Waals surface area contributed by atoms with Gasteiger partial charge in [0.25, 0.3) is 5.69 Å². The Balaban J connectivity index is 2.57. The van der Waals surface area contributed by atoms with E-state index in [4.69, 9.17) is 9.84 Å². The Morgan fingerprint density at radius 1 is 1.40 bits per heavy atom. The lowest BCUT2D eigenvalue weighted by Crippen LogP contribution is -2.06. The maximum Gasteiger partial charge on any atom is 0.342 e. The number of aromatic carboxylic acids is 1. The van der Waals surface area contributed by atoms with Crippen LogP contribution in [0.3, 0.4) is 0 Å². The highest BCUT2D eigenvalue weighted by Crippen LogP contribution is 2.22. The average molecular weight is 282 g/mol. The van der Waals surface area contributed by atoms with Crippen molar-refractivity contribution in [3.63, 3.8) is 0 Å². The summed E-state index contributed by atoms with van der Waals surface area (Å²) in [7, 11) is 1.66. The number of unbranched alkanes of at least 4 members (excludes halogenated alkanes) is 2. The van der Waals surface area contributed by atoms with E-state index in [1.807, 2.05) is 0 Å². The number of hydrogen-bond donors (Lipinski definition) is 2. The van der Waals surface area contributed by atoms with Crippen molar-refractivity contribution < 1.29 is 19.6 Å². The van der Waals surface area contributed by atoms with Crippen molar-refractivity contribution in [2.75, 3.05) is 25.6 Å². The molecule has 0 amide bonds. The minimum Gasteiger partial charge on any atom is -0.477 e. The lowest BCUT2D eigenvalue weighted by molar-refractivity contribution is -0.385. The predicted molar refractivity (Wildman–Crippen MR) is 74.3 cm³/mol. The van der Waals surface area contributed by atoms with E-state index in [1.54, 1.807) is 7.11 Å². The second-order valence-corrected chi connectivity index (χ2v) is 4.27. The standard InChI is InChI=1S/C13H18N2O5/c1-20-8-4-2-3-7-14-10-5-6-12(15(18)19)11(9-10)13(16)17/h5-6,9,14H,2-4,7-8H2,1H3,(H,16,17). The van der Waals surface area contributed by atoms with Gasteiger partial charge in [0.15, 0.2) is 0 Å². The van der Waals surface area contributed by atoms with Gasteiger partial charge in [-0.3, -0.25) is 10.1 Å². The minimum atomic E-state index is -1.31. The van der Waals surface area contributed by atoms with Crippen molar-refractivity contribution in [1.82, 2.24) is 0 Å². The maximum atomic E-state index is 11.0. The van der Waals surface area contributed by atoms with Crippen LogP contribution in [0.25, 0.3) is 0 Å². The number of nitrogens with zero attached hydrogens (tertiary/aromatic N) is 1. The molecule has 0 fully saturated rings. The third-order valence-corrected chi connectivity index (χ3v) is 2.78. The molecule has 1 aromatic carbocycles. The van der Waals surface area contributed by atoms with Crippen molar-refractivity contribution in [1.29, 1.82) is 0 Å². The van der Waals surface area contributed by atoms with E-state index in [0.717, 1.165) is 25.9 Å². The van der Waals surface area contributed by atoms with Crippen molar-refractivity contribution in [2.24, 2.45) is 0 Å². The Hall–Kier alpha value is -2.15. The molecule has 0 unspecified atom stereocenters. The first-order valence-electron chi connectivity index (χ1n) is 6.30. The summed E-state index contributed by atoms with van der Waals surface area (Å²) < 4.78 is 4.93. The zero-order valence-electron chi connectivity index (χ0n) is 11.3. The summed E-state index contributed by atoms with van der Waals surface area (Å²) in [6.07, 6.45) is 2.89. The zero-order chi connectivity index (χ0) is 15.0. The van der Waals surface area contributed by atoms with E-state index >= 15 is 0 Å². The summed E-state index contributed by atoms with van der Waals surface area (Å²) in [5, 5.41) is 22.7. The molecule has 7 nitrogen and oxygen atoms in total. The quantitative estimate of drug-likeness (QED) is 0.410. The number of anilines is 1. The van der Waals surface area contributed by atoms with Crippen molar-refractivity contribution >= 4 is 17.3 Å². The second kappa shape index (κ2) is 8.11. The van der Waals surface area contributed by atoms with Crippen LogP contribution in [-0.4, -0.2) is 36.3 Å². The predicted octanol–water partition coefficient (Wildman–Crippen LogP) is 2.52. The van der Waals surface area contributed by atoms with E-state index in [9.17, 15) is 14.9 Å². The first-order chi connectivity index (χ1) is 9.56. The molecule has 0 saturated heterocycles. The number of ether oxygens (including phenoxy) is 1. The molecule has 0 radical (unpaired) electrons. The van der Waals surface area contributed by atoms with Gasteiger partial charge in [0.05, 0.1) is 4.92 Å². The molecule has 1 rings (SSSR count). The monoisotopic (exact) mass is 282 g/mol. The number of nitro groups is 1. The summed E-state index contributed by atoms with van der Waals surface area (Å²) in [4.78, 5) is 21.0. The van der Waals surface area contributed by atoms with Crippen LogP contribution in [0, 0.1) is 10.1 Å². The number of hydrogen-bond acceptors (Lipinski definition) is 5. The summed E-state index contributed by atoms with van der Waals surface area (Å²) in [5.41, 5.74) is -0.137. The SMILES string of the molecule is COCCCCCNc1ccc([N+](=O)[O-])c(C(=O)O)c1. The van der Waals surface area contributed by atoms with Gasteiger partial charge in [0, 0.05) is 32.0 Å². The Bertz CT molecular complexity index is 476. The van der Waals surface area contributed by atoms with E-state index in [-0.39, 0.29) is 5.56 Å². The molecule has 1 aromatic rings. The number of benzene rings is 1. The Labute approximate surface area is 116 Å². The first-order valence-corrected chi connectivity index (χ1v) is 6.30. The molecule has 0 saturated carbocycles. The average Bonchev–Trinajstić information content (AvgIpc) is 2.42. The number of methoxy groups -OCH3 is 1. The molecule has 110 valence electrons. The smallest absolute Gasteiger partial charge is 0.342 e. The van der Waals surface area contributed by atoms with Gasteiger partial charge in [-0.1, -0.05) is 0 Å². The molecule has 0 bridgehead atoms. The number of nitrogens with one attached hydrogen (secondary N) is 1. The van der Waals surface area contributed by atoms with E-state index < -0.39 is 16.6 Å².